The monoisotopic (exact) mass is 508 g/mol. The molecule has 0 aromatic carbocycles. The van der Waals surface area contributed by atoms with Crippen molar-refractivity contribution in [1.82, 2.24) is 0 Å². The fraction of sp³-hybridized carbons (Fsp3) is 0.852. The van der Waals surface area contributed by atoms with E-state index >= 15 is 0 Å². The molecule has 0 radical (unpaired) electrons. The number of rotatable bonds is 6. The van der Waals surface area contributed by atoms with Gasteiger partial charge in [-0.1, -0.05) is 19.9 Å². The Morgan fingerprint density at radius 2 is 1.92 bits per heavy atom. The van der Waals surface area contributed by atoms with E-state index in [1.165, 1.54) is 6.92 Å². The Morgan fingerprint density at radius 3 is 2.50 bits per heavy atom. The van der Waals surface area contributed by atoms with E-state index in [0.717, 1.165) is 19.3 Å². The van der Waals surface area contributed by atoms with Crippen molar-refractivity contribution in [2.24, 2.45) is 28.6 Å². The maximum atomic E-state index is 13.0. The van der Waals surface area contributed by atoms with Crippen LogP contribution in [0.2, 0.25) is 0 Å². The molecular weight excluding hydrogens is 468 g/mol. The molecule has 6 fully saturated rings. The van der Waals surface area contributed by atoms with Gasteiger partial charge in [-0.3, -0.25) is 4.79 Å². The lowest BCUT2D eigenvalue weighted by Gasteiger charge is -2.69. The molecule has 2 aliphatic carbocycles. The Morgan fingerprint density at radius 1 is 1.19 bits per heavy atom. The minimum absolute atomic E-state index is 0.0300. The lowest BCUT2D eigenvalue weighted by atomic mass is 9.40. The Hall–Kier alpha value is -1.52. The van der Waals surface area contributed by atoms with Gasteiger partial charge in [0.2, 0.25) is 6.29 Å². The Labute approximate surface area is 212 Å². The lowest BCUT2D eigenvalue weighted by molar-refractivity contribution is -0.381. The highest BCUT2D eigenvalue weighted by Crippen LogP contribution is 2.73. The van der Waals surface area contributed by atoms with Crippen molar-refractivity contribution in [3.05, 3.63) is 11.6 Å². The molecule has 0 aromatic heterocycles. The van der Waals surface area contributed by atoms with E-state index in [0.29, 0.717) is 31.6 Å². The number of fused-ring (bicyclic) bond motifs is 1. The summed E-state index contributed by atoms with van der Waals surface area (Å²) in [4.78, 5) is 25.3. The van der Waals surface area contributed by atoms with Crippen molar-refractivity contribution in [2.45, 2.75) is 103 Å². The lowest BCUT2D eigenvalue weighted by Crippen LogP contribution is -2.78. The molecule has 4 heterocycles. The minimum Gasteiger partial charge on any atom is -0.459 e. The molecule has 4 saturated heterocycles. The second-order valence-electron chi connectivity index (χ2n) is 11.8. The minimum atomic E-state index is -1.05. The normalized spacial score (nSPS) is 49.6. The molecule has 202 valence electrons. The Bertz CT molecular complexity index is 928. The fourth-order valence-corrected chi connectivity index (χ4v) is 7.87. The van der Waals surface area contributed by atoms with Crippen molar-refractivity contribution in [3.8, 4) is 0 Å². The Kier molecular flexibility index (Phi) is 6.56. The van der Waals surface area contributed by atoms with Crippen molar-refractivity contribution in [3.63, 3.8) is 0 Å². The third-order valence-electron chi connectivity index (χ3n) is 10.2. The van der Waals surface area contributed by atoms with Crippen LogP contribution in [0, 0.1) is 28.6 Å². The topological polar surface area (TPSA) is 124 Å². The van der Waals surface area contributed by atoms with E-state index in [1.807, 2.05) is 6.92 Å². The van der Waals surface area contributed by atoms with Crippen LogP contribution >= 0.6 is 0 Å². The summed E-state index contributed by atoms with van der Waals surface area (Å²) >= 11 is 0. The number of carbonyl (C=O) groups excluding carboxylic acids is 2. The van der Waals surface area contributed by atoms with Crippen LogP contribution in [0.4, 0.5) is 0 Å². The number of allylic oxidation sites excluding steroid dienone is 1. The third kappa shape index (κ3) is 3.68. The zero-order valence-corrected chi connectivity index (χ0v) is 21.9. The first-order valence-electron chi connectivity index (χ1n) is 13.3. The number of hydrogen-bond acceptors (Lipinski definition) is 9. The van der Waals surface area contributed by atoms with Gasteiger partial charge in [0, 0.05) is 24.8 Å². The van der Waals surface area contributed by atoms with Crippen molar-refractivity contribution in [2.75, 3.05) is 13.2 Å². The van der Waals surface area contributed by atoms with Gasteiger partial charge < -0.3 is 33.9 Å². The molecule has 4 aliphatic heterocycles. The number of ether oxygens (including phenoxy) is 5. The largest absolute Gasteiger partial charge is 0.459 e. The molecule has 9 nitrogen and oxygen atoms in total. The zero-order valence-electron chi connectivity index (χ0n) is 21.9. The van der Waals surface area contributed by atoms with E-state index in [4.69, 9.17) is 23.7 Å². The summed E-state index contributed by atoms with van der Waals surface area (Å²) in [6, 6.07) is 0. The van der Waals surface area contributed by atoms with Gasteiger partial charge in [0.05, 0.1) is 25.4 Å². The van der Waals surface area contributed by atoms with Crippen LogP contribution in [0.5, 0.6) is 0 Å². The molecule has 2 spiro atoms. The number of carbonyl (C=O) groups is 2. The van der Waals surface area contributed by atoms with Crippen LogP contribution in [0.3, 0.4) is 0 Å². The number of esters is 2. The summed E-state index contributed by atoms with van der Waals surface area (Å²) in [5.74, 6) is -1.30. The maximum Gasteiger partial charge on any atom is 0.335 e. The molecule has 6 rings (SSSR count). The summed E-state index contributed by atoms with van der Waals surface area (Å²) in [6.45, 7) is 9.93. The number of aliphatic hydroxyl groups is 2. The molecule has 9 heteroatoms. The average Bonchev–Trinajstić information content (AvgIpc) is 3.48. The van der Waals surface area contributed by atoms with Crippen LogP contribution < -0.4 is 0 Å². The highest BCUT2D eigenvalue weighted by atomic mass is 16.7. The van der Waals surface area contributed by atoms with Gasteiger partial charge in [0.25, 0.3) is 0 Å². The van der Waals surface area contributed by atoms with Gasteiger partial charge in [-0.15, -0.1) is 0 Å². The van der Waals surface area contributed by atoms with Gasteiger partial charge in [0.15, 0.2) is 6.29 Å². The van der Waals surface area contributed by atoms with Crippen LogP contribution in [0.15, 0.2) is 11.6 Å². The summed E-state index contributed by atoms with van der Waals surface area (Å²) in [6.07, 6.45) is 1.30. The third-order valence-corrected chi connectivity index (χ3v) is 10.2. The van der Waals surface area contributed by atoms with Gasteiger partial charge in [0.1, 0.15) is 17.1 Å². The van der Waals surface area contributed by atoms with Gasteiger partial charge in [-0.2, -0.15) is 0 Å². The first-order chi connectivity index (χ1) is 17.0. The highest BCUT2D eigenvalue weighted by molar-refractivity contribution is 5.87. The smallest absolute Gasteiger partial charge is 0.335 e. The first kappa shape index (κ1) is 26.1. The van der Waals surface area contributed by atoms with Gasteiger partial charge in [-0.25, -0.2) is 4.79 Å². The predicted molar refractivity (Wildman–Crippen MR) is 126 cm³/mol. The summed E-state index contributed by atoms with van der Waals surface area (Å²) in [7, 11) is 0. The zero-order chi connectivity index (χ0) is 26.0. The Balaban J connectivity index is 1.59. The summed E-state index contributed by atoms with van der Waals surface area (Å²) < 4.78 is 29.8. The summed E-state index contributed by atoms with van der Waals surface area (Å²) in [5, 5.41) is 22.0. The number of epoxide rings is 1. The molecule has 0 amide bonds. The molecule has 11 atom stereocenters. The first-order valence-corrected chi connectivity index (χ1v) is 13.3. The van der Waals surface area contributed by atoms with E-state index in [-0.39, 0.29) is 23.9 Å². The molecule has 36 heavy (non-hydrogen) atoms. The fourth-order valence-electron chi connectivity index (χ4n) is 7.87. The number of aliphatic hydroxyl groups excluding tert-OH is 2. The quantitative estimate of drug-likeness (QED) is 0.316. The van der Waals surface area contributed by atoms with E-state index < -0.39 is 53.2 Å². The van der Waals surface area contributed by atoms with E-state index in [1.54, 1.807) is 19.9 Å². The van der Waals surface area contributed by atoms with Crippen LogP contribution in [0.1, 0.15) is 66.7 Å². The van der Waals surface area contributed by atoms with E-state index in [2.05, 4.69) is 6.92 Å². The summed E-state index contributed by atoms with van der Waals surface area (Å²) in [5.41, 5.74) is -1.72. The van der Waals surface area contributed by atoms with Crippen LogP contribution in [0.25, 0.3) is 0 Å². The standard InChI is InChI=1S/C27H40O9/c1-6-14(2)22(30)36-24-27-19(11-18(35-24)12-26(27)13-33-26)25(5,9-7-17-8-10-32-23(17)31)15(3)20(29)21(27)34-16(4)28/h6,15,17-21,23-24,29,31H,7-13H2,1-5H3/b14-6+/t15-,17+,18-,19-,20-,21+,23?,24-,25+,26+,27+/m1/s1. The average molecular weight is 509 g/mol. The second-order valence-corrected chi connectivity index (χ2v) is 11.8. The molecule has 1 unspecified atom stereocenters. The van der Waals surface area contributed by atoms with Crippen molar-refractivity contribution in [1.29, 1.82) is 0 Å². The van der Waals surface area contributed by atoms with Gasteiger partial charge >= 0.3 is 11.9 Å². The molecule has 2 bridgehead atoms. The van der Waals surface area contributed by atoms with Crippen molar-refractivity contribution < 1.29 is 43.5 Å². The van der Waals surface area contributed by atoms with Crippen LogP contribution in [-0.2, 0) is 33.3 Å². The number of hydrogen-bond donors (Lipinski definition) is 2. The maximum absolute atomic E-state index is 13.0. The van der Waals surface area contributed by atoms with Gasteiger partial charge in [-0.05, 0) is 56.8 Å². The second kappa shape index (κ2) is 9.05. The predicted octanol–water partition coefficient (Wildman–Crippen LogP) is 2.47. The SMILES string of the molecule is C/C=C(\C)C(=O)O[C@H]1O[C@@H]2C[C@@H]3[C@@](C)(CC[C@H]4CCOC4O)[C@H](C)[C@@H](O)[C@H](OC(C)=O)[C@]13[C@@]1(CO1)C2. The van der Waals surface area contributed by atoms with E-state index in [9.17, 15) is 19.8 Å². The molecule has 0 aromatic rings. The molecule has 2 N–H and O–H groups in total. The molecular formula is C27H40O9. The van der Waals surface area contributed by atoms with Crippen LogP contribution in [-0.4, -0.2) is 71.9 Å². The van der Waals surface area contributed by atoms with Crippen molar-refractivity contribution >= 4 is 11.9 Å². The molecule has 6 aliphatic rings. The highest BCUT2D eigenvalue weighted by Gasteiger charge is 2.83. The molecule has 2 saturated carbocycles.